The molecule has 1 N–H and O–H groups in total. The number of carbonyl (C=O) groups excluding carboxylic acids is 2. The Morgan fingerprint density at radius 1 is 0.958 bits per heavy atom. The minimum absolute atomic E-state index is 0.0229. The average molecular weight is 322 g/mol. The second kappa shape index (κ2) is 7.30. The second-order valence-electron chi connectivity index (χ2n) is 6.13. The molecule has 4 heteroatoms. The monoisotopic (exact) mass is 322 g/mol. The molecule has 4 nitrogen and oxygen atoms in total. The summed E-state index contributed by atoms with van der Waals surface area (Å²) in [6, 6.07) is 17.8. The fourth-order valence-corrected chi connectivity index (χ4v) is 3.19. The van der Waals surface area contributed by atoms with Crippen molar-refractivity contribution in [2.75, 3.05) is 20.1 Å². The van der Waals surface area contributed by atoms with Crippen LogP contribution in [0.5, 0.6) is 0 Å². The van der Waals surface area contributed by atoms with Crippen LogP contribution in [0.4, 0.5) is 0 Å². The maximum atomic E-state index is 12.8. The molecule has 0 radical (unpaired) electrons. The molecule has 1 heterocycles. The third-order valence-corrected chi connectivity index (χ3v) is 4.62. The highest BCUT2D eigenvalue weighted by molar-refractivity contribution is 5.95. The summed E-state index contributed by atoms with van der Waals surface area (Å²) >= 11 is 0. The van der Waals surface area contributed by atoms with E-state index >= 15 is 0 Å². The van der Waals surface area contributed by atoms with Gasteiger partial charge in [0.15, 0.2) is 0 Å². The first-order valence-corrected chi connectivity index (χ1v) is 8.35. The molecule has 2 aromatic carbocycles. The Hall–Kier alpha value is -2.62. The van der Waals surface area contributed by atoms with E-state index in [0.717, 1.165) is 24.0 Å². The zero-order valence-electron chi connectivity index (χ0n) is 13.9. The Morgan fingerprint density at radius 2 is 1.62 bits per heavy atom. The van der Waals surface area contributed by atoms with Crippen molar-refractivity contribution in [1.82, 2.24) is 10.2 Å². The first-order chi connectivity index (χ1) is 11.7. The van der Waals surface area contributed by atoms with E-state index in [-0.39, 0.29) is 17.7 Å². The Kier molecular flexibility index (Phi) is 4.94. The predicted octanol–water partition coefficient (Wildman–Crippen LogP) is 2.95. The van der Waals surface area contributed by atoms with Gasteiger partial charge < -0.3 is 10.2 Å². The van der Waals surface area contributed by atoms with Crippen molar-refractivity contribution < 1.29 is 9.59 Å². The predicted molar refractivity (Wildman–Crippen MR) is 94.6 cm³/mol. The maximum absolute atomic E-state index is 12.8. The van der Waals surface area contributed by atoms with E-state index < -0.39 is 0 Å². The SMILES string of the molecule is CNC(=O)C1CCN(C(=O)c2cccc(-c3ccccc3)c2)CC1. The van der Waals surface area contributed by atoms with Gasteiger partial charge in [-0.05, 0) is 36.1 Å². The number of nitrogens with zero attached hydrogens (tertiary/aromatic N) is 1. The van der Waals surface area contributed by atoms with Crippen LogP contribution in [0.25, 0.3) is 11.1 Å². The highest BCUT2D eigenvalue weighted by Crippen LogP contribution is 2.23. The van der Waals surface area contributed by atoms with Crippen LogP contribution in [-0.2, 0) is 4.79 Å². The lowest BCUT2D eigenvalue weighted by atomic mass is 9.95. The van der Waals surface area contributed by atoms with Crippen molar-refractivity contribution in [3.05, 3.63) is 60.2 Å². The molecule has 0 bridgehead atoms. The van der Waals surface area contributed by atoms with Crippen LogP contribution >= 0.6 is 0 Å². The van der Waals surface area contributed by atoms with E-state index in [1.807, 2.05) is 59.5 Å². The molecule has 0 aliphatic carbocycles. The summed E-state index contributed by atoms with van der Waals surface area (Å²) in [7, 11) is 1.66. The van der Waals surface area contributed by atoms with Crippen molar-refractivity contribution in [2.45, 2.75) is 12.8 Å². The molecule has 0 spiro atoms. The maximum Gasteiger partial charge on any atom is 0.253 e. The van der Waals surface area contributed by atoms with E-state index in [1.165, 1.54) is 0 Å². The number of benzene rings is 2. The van der Waals surface area contributed by atoms with Crippen molar-refractivity contribution in [3.8, 4) is 11.1 Å². The largest absolute Gasteiger partial charge is 0.359 e. The van der Waals surface area contributed by atoms with Crippen LogP contribution in [0.1, 0.15) is 23.2 Å². The minimum atomic E-state index is 0.0229. The molecule has 1 aliphatic rings. The van der Waals surface area contributed by atoms with Crippen molar-refractivity contribution in [1.29, 1.82) is 0 Å². The third-order valence-electron chi connectivity index (χ3n) is 4.62. The lowest BCUT2D eigenvalue weighted by Crippen LogP contribution is -2.42. The smallest absolute Gasteiger partial charge is 0.253 e. The van der Waals surface area contributed by atoms with Gasteiger partial charge in [-0.2, -0.15) is 0 Å². The van der Waals surface area contributed by atoms with E-state index in [4.69, 9.17) is 0 Å². The number of hydrogen-bond donors (Lipinski definition) is 1. The molecular weight excluding hydrogens is 300 g/mol. The molecule has 124 valence electrons. The van der Waals surface area contributed by atoms with Crippen molar-refractivity contribution in [2.24, 2.45) is 5.92 Å². The topological polar surface area (TPSA) is 49.4 Å². The molecule has 2 aromatic rings. The van der Waals surface area contributed by atoms with E-state index in [9.17, 15) is 9.59 Å². The highest BCUT2D eigenvalue weighted by Gasteiger charge is 2.27. The van der Waals surface area contributed by atoms with Gasteiger partial charge in [-0.25, -0.2) is 0 Å². The normalized spacial score (nSPS) is 15.1. The molecule has 24 heavy (non-hydrogen) atoms. The standard InChI is InChI=1S/C20H22N2O2/c1-21-19(23)16-10-12-22(13-11-16)20(24)18-9-5-8-17(14-18)15-6-3-2-4-7-15/h2-9,14,16H,10-13H2,1H3,(H,21,23). The number of likely N-dealkylation sites (tertiary alicyclic amines) is 1. The lowest BCUT2D eigenvalue weighted by Gasteiger charge is -2.31. The molecular formula is C20H22N2O2. The number of hydrogen-bond acceptors (Lipinski definition) is 2. The van der Waals surface area contributed by atoms with Crippen LogP contribution in [0.15, 0.2) is 54.6 Å². The van der Waals surface area contributed by atoms with Gasteiger partial charge in [0.25, 0.3) is 5.91 Å². The zero-order valence-corrected chi connectivity index (χ0v) is 13.9. The van der Waals surface area contributed by atoms with E-state index in [0.29, 0.717) is 18.7 Å². The molecule has 2 amide bonds. The van der Waals surface area contributed by atoms with Gasteiger partial charge in [0, 0.05) is 31.6 Å². The summed E-state index contributed by atoms with van der Waals surface area (Å²) in [6.45, 7) is 1.26. The molecule has 0 aromatic heterocycles. The molecule has 1 fully saturated rings. The van der Waals surface area contributed by atoms with Crippen LogP contribution < -0.4 is 5.32 Å². The Balaban J connectivity index is 1.71. The number of carbonyl (C=O) groups is 2. The number of rotatable bonds is 3. The summed E-state index contributed by atoms with van der Waals surface area (Å²) in [5.74, 6) is 0.144. The van der Waals surface area contributed by atoms with Crippen LogP contribution in [-0.4, -0.2) is 36.9 Å². The number of piperidine rings is 1. The van der Waals surface area contributed by atoms with Gasteiger partial charge in [-0.3, -0.25) is 9.59 Å². The van der Waals surface area contributed by atoms with Gasteiger partial charge >= 0.3 is 0 Å². The van der Waals surface area contributed by atoms with Gasteiger partial charge in [0.1, 0.15) is 0 Å². The summed E-state index contributed by atoms with van der Waals surface area (Å²) in [6.07, 6.45) is 1.45. The van der Waals surface area contributed by atoms with Crippen LogP contribution in [0.3, 0.4) is 0 Å². The molecule has 1 aliphatic heterocycles. The van der Waals surface area contributed by atoms with Crippen molar-refractivity contribution in [3.63, 3.8) is 0 Å². The quantitative estimate of drug-likeness (QED) is 0.944. The fourth-order valence-electron chi connectivity index (χ4n) is 3.19. The van der Waals surface area contributed by atoms with Gasteiger partial charge in [0.2, 0.25) is 5.91 Å². The Labute approximate surface area is 142 Å². The molecule has 0 atom stereocenters. The van der Waals surface area contributed by atoms with E-state index in [1.54, 1.807) is 7.05 Å². The lowest BCUT2D eigenvalue weighted by molar-refractivity contribution is -0.125. The van der Waals surface area contributed by atoms with Crippen LogP contribution in [0.2, 0.25) is 0 Å². The summed E-state index contributed by atoms with van der Waals surface area (Å²) in [4.78, 5) is 26.3. The van der Waals surface area contributed by atoms with Gasteiger partial charge in [0.05, 0.1) is 0 Å². The van der Waals surface area contributed by atoms with Gasteiger partial charge in [-0.1, -0.05) is 42.5 Å². The van der Waals surface area contributed by atoms with Crippen LogP contribution in [0, 0.1) is 5.92 Å². The number of nitrogens with one attached hydrogen (secondary N) is 1. The third kappa shape index (κ3) is 3.48. The highest BCUT2D eigenvalue weighted by atomic mass is 16.2. The zero-order chi connectivity index (χ0) is 16.9. The number of amides is 2. The van der Waals surface area contributed by atoms with Gasteiger partial charge in [-0.15, -0.1) is 0 Å². The van der Waals surface area contributed by atoms with E-state index in [2.05, 4.69) is 5.32 Å². The summed E-state index contributed by atoms with van der Waals surface area (Å²) in [5, 5.41) is 2.69. The molecule has 1 saturated heterocycles. The summed E-state index contributed by atoms with van der Waals surface area (Å²) in [5.41, 5.74) is 2.85. The molecule has 0 unspecified atom stereocenters. The second-order valence-corrected chi connectivity index (χ2v) is 6.13. The fraction of sp³-hybridized carbons (Fsp3) is 0.300. The molecule has 3 rings (SSSR count). The first-order valence-electron chi connectivity index (χ1n) is 8.35. The van der Waals surface area contributed by atoms with Crippen molar-refractivity contribution >= 4 is 11.8 Å². The minimum Gasteiger partial charge on any atom is -0.359 e. The molecule has 0 saturated carbocycles. The average Bonchev–Trinajstić information content (AvgIpc) is 2.67. The Morgan fingerprint density at radius 3 is 2.29 bits per heavy atom. The first kappa shape index (κ1) is 16.2. The Bertz CT molecular complexity index is 719. The summed E-state index contributed by atoms with van der Waals surface area (Å²) < 4.78 is 0.